The Morgan fingerprint density at radius 1 is 0.853 bits per heavy atom. The second kappa shape index (κ2) is 10.7. The van der Waals surface area contributed by atoms with Crippen molar-refractivity contribution in [3.05, 3.63) is 95.6 Å². The van der Waals surface area contributed by atoms with Crippen LogP contribution in [-0.4, -0.2) is 44.3 Å². The summed E-state index contributed by atoms with van der Waals surface area (Å²) in [5.41, 5.74) is 5.37. The SMILES string of the molecule is COC(=O)[C@H](Cc1ccccc1)NC(=O)CNC(=O)OCC1c2ccccc2-c2ccccc21. The monoisotopic (exact) mass is 458 g/mol. The van der Waals surface area contributed by atoms with Crippen LogP contribution >= 0.6 is 0 Å². The molecule has 2 amide bonds. The van der Waals surface area contributed by atoms with Gasteiger partial charge in [-0.2, -0.15) is 0 Å². The molecule has 1 aliphatic carbocycles. The molecule has 34 heavy (non-hydrogen) atoms. The Labute approximate surface area is 198 Å². The molecule has 2 N–H and O–H groups in total. The first kappa shape index (κ1) is 23.0. The maximum absolute atomic E-state index is 12.4. The van der Waals surface area contributed by atoms with E-state index in [9.17, 15) is 14.4 Å². The van der Waals surface area contributed by atoms with E-state index < -0.39 is 24.0 Å². The van der Waals surface area contributed by atoms with Gasteiger partial charge in [0, 0.05) is 12.3 Å². The summed E-state index contributed by atoms with van der Waals surface area (Å²) in [4.78, 5) is 36.7. The van der Waals surface area contributed by atoms with Crippen LogP contribution in [0.15, 0.2) is 78.9 Å². The molecule has 1 atom stereocenters. The molecule has 4 rings (SSSR count). The third-order valence-electron chi connectivity index (χ3n) is 5.84. The van der Waals surface area contributed by atoms with Crippen LogP contribution in [0.25, 0.3) is 11.1 Å². The van der Waals surface area contributed by atoms with E-state index >= 15 is 0 Å². The first-order valence-corrected chi connectivity index (χ1v) is 11.1. The summed E-state index contributed by atoms with van der Waals surface area (Å²) in [7, 11) is 1.27. The van der Waals surface area contributed by atoms with Gasteiger partial charge in [0.15, 0.2) is 0 Å². The Hall–Kier alpha value is -4.13. The van der Waals surface area contributed by atoms with Crippen LogP contribution < -0.4 is 10.6 Å². The third kappa shape index (κ3) is 5.26. The van der Waals surface area contributed by atoms with E-state index in [1.54, 1.807) is 0 Å². The molecule has 0 saturated carbocycles. The molecule has 7 heteroatoms. The molecule has 174 valence electrons. The van der Waals surface area contributed by atoms with Gasteiger partial charge in [-0.25, -0.2) is 9.59 Å². The second-order valence-electron chi connectivity index (χ2n) is 8.01. The smallest absolute Gasteiger partial charge is 0.407 e. The average molecular weight is 459 g/mol. The molecular formula is C27H26N2O5. The van der Waals surface area contributed by atoms with Crippen molar-refractivity contribution >= 4 is 18.0 Å². The van der Waals surface area contributed by atoms with Crippen molar-refractivity contribution in [1.82, 2.24) is 10.6 Å². The first-order valence-electron chi connectivity index (χ1n) is 11.1. The zero-order valence-electron chi connectivity index (χ0n) is 18.8. The van der Waals surface area contributed by atoms with Crippen molar-refractivity contribution in [2.75, 3.05) is 20.3 Å². The average Bonchev–Trinajstić information content (AvgIpc) is 3.19. The molecule has 0 unspecified atom stereocenters. The minimum atomic E-state index is -0.857. The molecule has 0 aliphatic heterocycles. The Morgan fingerprint density at radius 3 is 2.06 bits per heavy atom. The van der Waals surface area contributed by atoms with E-state index in [0.29, 0.717) is 0 Å². The molecule has 0 aromatic heterocycles. The molecule has 0 saturated heterocycles. The fraction of sp³-hybridized carbons (Fsp3) is 0.222. The lowest BCUT2D eigenvalue weighted by atomic mass is 9.98. The summed E-state index contributed by atoms with van der Waals surface area (Å²) in [5, 5.41) is 5.07. The van der Waals surface area contributed by atoms with Gasteiger partial charge in [-0.05, 0) is 27.8 Å². The Bertz CT molecular complexity index is 1130. The summed E-state index contributed by atoms with van der Waals surface area (Å²) in [6.45, 7) is -0.167. The number of hydrogen-bond acceptors (Lipinski definition) is 5. The number of rotatable bonds is 8. The van der Waals surface area contributed by atoms with Crippen LogP contribution in [0.1, 0.15) is 22.6 Å². The molecule has 1 aliphatic rings. The summed E-state index contributed by atoms with van der Waals surface area (Å²) in [5.74, 6) is -1.14. The van der Waals surface area contributed by atoms with Gasteiger partial charge in [0.25, 0.3) is 0 Å². The van der Waals surface area contributed by atoms with Gasteiger partial charge in [0.05, 0.1) is 7.11 Å². The summed E-state index contributed by atoms with van der Waals surface area (Å²) in [6, 6.07) is 24.5. The lowest BCUT2D eigenvalue weighted by Gasteiger charge is -2.17. The highest BCUT2D eigenvalue weighted by atomic mass is 16.5. The van der Waals surface area contributed by atoms with E-state index in [1.807, 2.05) is 66.7 Å². The van der Waals surface area contributed by atoms with Gasteiger partial charge in [0.2, 0.25) is 5.91 Å². The van der Waals surface area contributed by atoms with Crippen LogP contribution in [0.4, 0.5) is 4.79 Å². The van der Waals surface area contributed by atoms with Crippen LogP contribution in [0.3, 0.4) is 0 Å². The van der Waals surface area contributed by atoms with Crippen molar-refractivity contribution in [2.24, 2.45) is 0 Å². The Balaban J connectivity index is 1.30. The number of fused-ring (bicyclic) bond motifs is 3. The fourth-order valence-corrected chi connectivity index (χ4v) is 4.23. The predicted molar refractivity (Wildman–Crippen MR) is 127 cm³/mol. The zero-order valence-corrected chi connectivity index (χ0v) is 18.8. The van der Waals surface area contributed by atoms with E-state index in [2.05, 4.69) is 22.8 Å². The number of hydrogen-bond donors (Lipinski definition) is 2. The molecule has 0 bridgehead atoms. The summed E-state index contributed by atoms with van der Waals surface area (Å²) >= 11 is 0. The minimum Gasteiger partial charge on any atom is -0.467 e. The summed E-state index contributed by atoms with van der Waals surface area (Å²) in [6.07, 6.45) is -0.417. The highest BCUT2D eigenvalue weighted by Gasteiger charge is 2.29. The number of carbonyl (C=O) groups excluding carboxylic acids is 3. The van der Waals surface area contributed by atoms with Crippen molar-refractivity contribution in [3.63, 3.8) is 0 Å². The highest BCUT2D eigenvalue weighted by Crippen LogP contribution is 2.44. The fourth-order valence-electron chi connectivity index (χ4n) is 4.23. The standard InChI is InChI=1S/C27H26N2O5/c1-33-26(31)24(15-18-9-3-2-4-10-18)29-25(30)16-28-27(32)34-17-23-21-13-7-5-11-19(21)20-12-6-8-14-22(20)23/h2-14,23-24H,15-17H2,1H3,(H,28,32)(H,29,30)/t24-/m0/s1. The number of methoxy groups -OCH3 is 1. The molecular weight excluding hydrogens is 432 g/mol. The lowest BCUT2D eigenvalue weighted by molar-refractivity contribution is -0.144. The second-order valence-corrected chi connectivity index (χ2v) is 8.01. The van der Waals surface area contributed by atoms with Gasteiger partial charge >= 0.3 is 12.1 Å². The largest absolute Gasteiger partial charge is 0.467 e. The highest BCUT2D eigenvalue weighted by molar-refractivity contribution is 5.87. The van der Waals surface area contributed by atoms with Crippen LogP contribution in [-0.2, 0) is 25.5 Å². The summed E-state index contributed by atoms with van der Waals surface area (Å²) < 4.78 is 10.2. The number of esters is 1. The van der Waals surface area contributed by atoms with E-state index in [-0.39, 0.29) is 25.5 Å². The molecule has 3 aromatic rings. The van der Waals surface area contributed by atoms with Crippen LogP contribution in [0.2, 0.25) is 0 Å². The van der Waals surface area contributed by atoms with Crippen molar-refractivity contribution in [2.45, 2.75) is 18.4 Å². The minimum absolute atomic E-state index is 0.0680. The van der Waals surface area contributed by atoms with Crippen LogP contribution in [0.5, 0.6) is 0 Å². The molecule has 0 radical (unpaired) electrons. The topological polar surface area (TPSA) is 93.7 Å². The number of nitrogens with one attached hydrogen (secondary N) is 2. The molecule has 0 spiro atoms. The van der Waals surface area contributed by atoms with E-state index in [4.69, 9.17) is 9.47 Å². The van der Waals surface area contributed by atoms with Gasteiger partial charge < -0.3 is 20.1 Å². The number of ether oxygens (including phenoxy) is 2. The zero-order chi connectivity index (χ0) is 23.9. The normalized spacial score (nSPS) is 12.7. The number of amides is 2. The van der Waals surface area contributed by atoms with Crippen molar-refractivity contribution < 1.29 is 23.9 Å². The predicted octanol–water partition coefficient (Wildman–Crippen LogP) is 3.43. The van der Waals surface area contributed by atoms with Crippen molar-refractivity contribution in [3.8, 4) is 11.1 Å². The maximum Gasteiger partial charge on any atom is 0.407 e. The number of benzene rings is 3. The maximum atomic E-state index is 12.4. The van der Waals surface area contributed by atoms with Crippen LogP contribution in [0, 0.1) is 0 Å². The van der Waals surface area contributed by atoms with Gasteiger partial charge in [-0.3, -0.25) is 4.79 Å². The molecule has 3 aromatic carbocycles. The number of alkyl carbamates (subject to hydrolysis) is 1. The lowest BCUT2D eigenvalue weighted by Crippen LogP contribution is -2.47. The van der Waals surface area contributed by atoms with Gasteiger partial charge in [-0.15, -0.1) is 0 Å². The van der Waals surface area contributed by atoms with Crippen molar-refractivity contribution in [1.29, 1.82) is 0 Å². The van der Waals surface area contributed by atoms with Gasteiger partial charge in [0.1, 0.15) is 19.2 Å². The number of carbonyl (C=O) groups is 3. The quantitative estimate of drug-likeness (QED) is 0.505. The van der Waals surface area contributed by atoms with E-state index in [0.717, 1.165) is 27.8 Å². The molecule has 0 heterocycles. The third-order valence-corrected chi connectivity index (χ3v) is 5.84. The Morgan fingerprint density at radius 2 is 1.44 bits per heavy atom. The Kier molecular flexibility index (Phi) is 7.22. The first-order chi connectivity index (χ1) is 16.6. The molecule has 0 fully saturated rings. The molecule has 7 nitrogen and oxygen atoms in total. The van der Waals surface area contributed by atoms with E-state index in [1.165, 1.54) is 7.11 Å². The van der Waals surface area contributed by atoms with Gasteiger partial charge in [-0.1, -0.05) is 78.9 Å².